The highest BCUT2D eigenvalue weighted by Gasteiger charge is 2.31. The third-order valence-corrected chi connectivity index (χ3v) is 5.59. The molecule has 2 N–H and O–H groups in total. The molecule has 0 bridgehead atoms. The molecule has 0 amide bonds. The molecule has 2 atom stereocenters. The summed E-state index contributed by atoms with van der Waals surface area (Å²) in [6.07, 6.45) is 3.32. The Morgan fingerprint density at radius 2 is 2.10 bits per heavy atom. The minimum absolute atomic E-state index is 0.0630. The van der Waals surface area contributed by atoms with Crippen molar-refractivity contribution in [2.75, 3.05) is 7.11 Å². The minimum atomic E-state index is -3.59. The number of hydrogen-bond donors (Lipinski definition) is 2. The van der Waals surface area contributed by atoms with Gasteiger partial charge in [-0.05, 0) is 48.9 Å². The van der Waals surface area contributed by atoms with Crippen LogP contribution >= 0.6 is 0 Å². The smallest absolute Gasteiger partial charge is 0.240 e. The molecule has 0 radical (unpaired) electrons. The lowest BCUT2D eigenvalue weighted by Gasteiger charge is -2.20. The van der Waals surface area contributed by atoms with Gasteiger partial charge in [-0.2, -0.15) is 0 Å². The van der Waals surface area contributed by atoms with Crippen LogP contribution in [0.5, 0.6) is 0 Å². The molecule has 0 spiro atoms. The van der Waals surface area contributed by atoms with Gasteiger partial charge >= 0.3 is 0 Å². The summed E-state index contributed by atoms with van der Waals surface area (Å²) in [6.45, 7) is 1.82. The predicted molar refractivity (Wildman–Crippen MR) is 80.5 cm³/mol. The van der Waals surface area contributed by atoms with Crippen molar-refractivity contribution in [1.82, 2.24) is 4.72 Å². The van der Waals surface area contributed by atoms with E-state index >= 15 is 0 Å². The minimum Gasteiger partial charge on any atom is -0.392 e. The Labute approximate surface area is 126 Å². The third kappa shape index (κ3) is 3.63. The molecule has 118 valence electrons. The van der Waals surface area contributed by atoms with Crippen molar-refractivity contribution in [3.63, 3.8) is 0 Å². The van der Waals surface area contributed by atoms with Crippen LogP contribution in [0.1, 0.15) is 37.3 Å². The molecule has 1 saturated carbocycles. The molecule has 0 heterocycles. The van der Waals surface area contributed by atoms with Crippen molar-refractivity contribution < 1.29 is 18.3 Å². The molecule has 0 aliphatic heterocycles. The zero-order valence-corrected chi connectivity index (χ0v) is 13.3. The summed E-state index contributed by atoms with van der Waals surface area (Å²) in [7, 11) is -1.98. The van der Waals surface area contributed by atoms with E-state index in [-0.39, 0.29) is 23.6 Å². The molecule has 1 aromatic carbocycles. The van der Waals surface area contributed by atoms with Gasteiger partial charge in [0.2, 0.25) is 10.0 Å². The van der Waals surface area contributed by atoms with E-state index in [1.165, 1.54) is 0 Å². The van der Waals surface area contributed by atoms with Crippen molar-refractivity contribution in [3.05, 3.63) is 29.3 Å². The quantitative estimate of drug-likeness (QED) is 0.836. The Morgan fingerprint density at radius 1 is 1.33 bits per heavy atom. The highest BCUT2D eigenvalue weighted by Crippen LogP contribution is 2.24. The van der Waals surface area contributed by atoms with Crippen LogP contribution in [0.25, 0.3) is 0 Å². The van der Waals surface area contributed by atoms with Crippen LogP contribution < -0.4 is 4.72 Å². The Hall–Kier alpha value is -0.950. The molecule has 0 saturated heterocycles. The number of nitrogens with one attached hydrogen (secondary N) is 1. The predicted octanol–water partition coefficient (Wildman–Crippen LogP) is 1.59. The maximum atomic E-state index is 12.5. The van der Waals surface area contributed by atoms with Crippen LogP contribution in [0, 0.1) is 0 Å². The highest BCUT2D eigenvalue weighted by atomic mass is 32.2. The van der Waals surface area contributed by atoms with Gasteiger partial charge in [-0.3, -0.25) is 0 Å². The number of aliphatic hydroxyl groups is 1. The van der Waals surface area contributed by atoms with Crippen molar-refractivity contribution in [2.24, 2.45) is 0 Å². The second kappa shape index (κ2) is 6.87. The van der Waals surface area contributed by atoms with E-state index in [1.807, 2.05) is 6.92 Å². The molecule has 6 heteroatoms. The second-order valence-electron chi connectivity index (χ2n) is 5.38. The normalized spacial score (nSPS) is 22.6. The van der Waals surface area contributed by atoms with Gasteiger partial charge in [0.15, 0.2) is 0 Å². The van der Waals surface area contributed by atoms with E-state index < -0.39 is 10.0 Å². The number of rotatable bonds is 6. The van der Waals surface area contributed by atoms with Crippen molar-refractivity contribution in [1.29, 1.82) is 0 Å². The van der Waals surface area contributed by atoms with Gasteiger partial charge in [0, 0.05) is 13.2 Å². The van der Waals surface area contributed by atoms with Gasteiger partial charge in [-0.1, -0.05) is 13.0 Å². The van der Waals surface area contributed by atoms with Crippen LogP contribution in [-0.2, 0) is 27.8 Å². The molecular formula is C15H23NO4S. The molecule has 1 aliphatic carbocycles. The maximum Gasteiger partial charge on any atom is 0.240 e. The number of aryl methyl sites for hydroxylation is 1. The fourth-order valence-electron chi connectivity index (χ4n) is 2.87. The maximum absolute atomic E-state index is 12.5. The number of aliphatic hydroxyl groups excluding tert-OH is 1. The average Bonchev–Trinajstić information content (AvgIpc) is 2.92. The summed E-state index contributed by atoms with van der Waals surface area (Å²) in [5.74, 6) is 0. The Balaban J connectivity index is 2.23. The summed E-state index contributed by atoms with van der Waals surface area (Å²) < 4.78 is 33.0. The zero-order chi connectivity index (χ0) is 15.5. The molecule has 2 rings (SSSR count). The Kier molecular flexibility index (Phi) is 5.37. The highest BCUT2D eigenvalue weighted by molar-refractivity contribution is 7.89. The van der Waals surface area contributed by atoms with Crippen molar-refractivity contribution in [2.45, 2.75) is 56.3 Å². The molecule has 1 aliphatic rings. The van der Waals surface area contributed by atoms with Crippen LogP contribution in [0.4, 0.5) is 0 Å². The van der Waals surface area contributed by atoms with Gasteiger partial charge in [0.1, 0.15) is 0 Å². The van der Waals surface area contributed by atoms with Crippen LogP contribution in [0.2, 0.25) is 0 Å². The fraction of sp³-hybridized carbons (Fsp3) is 0.600. The van der Waals surface area contributed by atoms with Crippen LogP contribution in [-0.4, -0.2) is 32.8 Å². The monoisotopic (exact) mass is 313 g/mol. The van der Waals surface area contributed by atoms with E-state index in [0.29, 0.717) is 5.56 Å². The first-order chi connectivity index (χ1) is 10.0. The van der Waals surface area contributed by atoms with E-state index in [0.717, 1.165) is 31.2 Å². The number of sulfonamides is 1. The summed E-state index contributed by atoms with van der Waals surface area (Å²) in [6, 6.07) is 4.74. The molecular weight excluding hydrogens is 290 g/mol. The van der Waals surface area contributed by atoms with E-state index in [9.17, 15) is 13.5 Å². The van der Waals surface area contributed by atoms with Gasteiger partial charge in [-0.25, -0.2) is 13.1 Å². The van der Waals surface area contributed by atoms with Crippen molar-refractivity contribution >= 4 is 10.0 Å². The van der Waals surface area contributed by atoms with Crippen molar-refractivity contribution in [3.8, 4) is 0 Å². The zero-order valence-electron chi connectivity index (χ0n) is 12.5. The van der Waals surface area contributed by atoms with Gasteiger partial charge in [-0.15, -0.1) is 0 Å². The summed E-state index contributed by atoms with van der Waals surface area (Å²) in [4.78, 5) is 0.200. The van der Waals surface area contributed by atoms with Crippen LogP contribution in [0.3, 0.4) is 0 Å². The van der Waals surface area contributed by atoms with E-state index in [1.54, 1.807) is 25.3 Å². The van der Waals surface area contributed by atoms with Crippen LogP contribution in [0.15, 0.2) is 23.1 Å². The van der Waals surface area contributed by atoms with Gasteiger partial charge in [0.25, 0.3) is 0 Å². The Bertz CT molecular complexity index is 585. The third-order valence-electron chi connectivity index (χ3n) is 4.10. The number of ether oxygens (including phenoxy) is 1. The van der Waals surface area contributed by atoms with Gasteiger partial charge in [0.05, 0.1) is 17.6 Å². The lowest BCUT2D eigenvalue weighted by atomic mass is 10.1. The molecule has 1 aromatic rings. The number of hydrogen-bond acceptors (Lipinski definition) is 4. The number of benzene rings is 1. The molecule has 2 unspecified atom stereocenters. The fourth-order valence-corrected chi connectivity index (χ4v) is 4.22. The molecule has 21 heavy (non-hydrogen) atoms. The average molecular weight is 313 g/mol. The summed E-state index contributed by atoms with van der Waals surface area (Å²) in [5.41, 5.74) is 1.63. The van der Waals surface area contributed by atoms with E-state index in [2.05, 4.69) is 4.72 Å². The molecule has 1 fully saturated rings. The van der Waals surface area contributed by atoms with Gasteiger partial charge < -0.3 is 9.84 Å². The summed E-state index contributed by atoms with van der Waals surface area (Å²) in [5, 5.41) is 9.37. The SMILES string of the molecule is CCc1ccc(S(=O)(=O)NC2CCCC2OC)cc1CO. The first-order valence-corrected chi connectivity index (χ1v) is 8.78. The largest absolute Gasteiger partial charge is 0.392 e. The first-order valence-electron chi connectivity index (χ1n) is 7.29. The first kappa shape index (κ1) is 16.4. The molecule has 5 nitrogen and oxygen atoms in total. The summed E-state index contributed by atoms with van der Waals surface area (Å²) >= 11 is 0. The number of methoxy groups -OCH3 is 1. The topological polar surface area (TPSA) is 75.6 Å². The standard InChI is InChI=1S/C15H23NO4S/c1-3-11-7-8-13(9-12(11)10-17)21(18,19)16-14-5-4-6-15(14)20-2/h7-9,14-17H,3-6,10H2,1-2H3. The molecule has 0 aromatic heterocycles. The lowest BCUT2D eigenvalue weighted by molar-refractivity contribution is 0.0916. The lowest BCUT2D eigenvalue weighted by Crippen LogP contribution is -2.40. The van der Waals surface area contributed by atoms with E-state index in [4.69, 9.17) is 4.74 Å². The Morgan fingerprint density at radius 3 is 2.71 bits per heavy atom. The second-order valence-corrected chi connectivity index (χ2v) is 7.09.